The summed E-state index contributed by atoms with van der Waals surface area (Å²) in [6.45, 7) is 0.531. The highest BCUT2D eigenvalue weighted by molar-refractivity contribution is 5.74. The Kier molecular flexibility index (Phi) is 6.21. The quantitative estimate of drug-likeness (QED) is 0.254. The van der Waals surface area contributed by atoms with E-state index in [1.807, 2.05) is 0 Å². The number of hydrogen-bond donors (Lipinski definition) is 1. The molecule has 0 spiro atoms. The third-order valence-electron chi connectivity index (χ3n) is 2.66. The maximum atomic E-state index is 11.6. The summed E-state index contributed by atoms with van der Waals surface area (Å²) in [4.78, 5) is 31.4. The minimum absolute atomic E-state index is 0.105. The van der Waals surface area contributed by atoms with Gasteiger partial charge in [0, 0.05) is 12.5 Å². The average molecular weight is 297 g/mol. The predicted octanol–water partition coefficient (Wildman–Crippen LogP) is 1.93. The Morgan fingerprint density at radius 2 is 1.86 bits per heavy atom. The molecule has 0 fully saturated rings. The molecule has 114 valence electrons. The van der Waals surface area contributed by atoms with E-state index in [-0.39, 0.29) is 12.2 Å². The number of benzene rings is 1. The molecule has 0 aliphatic rings. The fourth-order valence-electron chi connectivity index (χ4n) is 1.61. The van der Waals surface area contributed by atoms with Gasteiger partial charge in [0.15, 0.2) is 0 Å². The van der Waals surface area contributed by atoms with Gasteiger partial charge < -0.3 is 10.5 Å². The molecule has 0 radical (unpaired) electrons. The summed E-state index contributed by atoms with van der Waals surface area (Å²) in [6.07, 6.45) is 2.21. The molecule has 1 aromatic rings. The van der Waals surface area contributed by atoms with Crippen LogP contribution in [0, 0.1) is 20.2 Å². The number of ether oxygens (including phenoxy) is 1. The zero-order chi connectivity index (χ0) is 15.8. The van der Waals surface area contributed by atoms with E-state index in [0.29, 0.717) is 13.0 Å². The minimum Gasteiger partial charge on any atom is -0.419 e. The molecule has 1 aromatic carbocycles. The molecule has 0 aromatic heterocycles. The Balaban J connectivity index is 2.76. The van der Waals surface area contributed by atoms with Crippen molar-refractivity contribution in [2.45, 2.75) is 25.7 Å². The normalized spacial score (nSPS) is 10.1. The van der Waals surface area contributed by atoms with Crippen molar-refractivity contribution in [1.82, 2.24) is 0 Å². The van der Waals surface area contributed by atoms with Crippen LogP contribution in [0.15, 0.2) is 18.2 Å². The van der Waals surface area contributed by atoms with Gasteiger partial charge in [-0.2, -0.15) is 0 Å². The van der Waals surface area contributed by atoms with Gasteiger partial charge in [-0.25, -0.2) is 0 Å². The second-order valence-electron chi connectivity index (χ2n) is 4.24. The third-order valence-corrected chi connectivity index (χ3v) is 2.66. The lowest BCUT2D eigenvalue weighted by molar-refractivity contribution is -0.394. The zero-order valence-corrected chi connectivity index (χ0v) is 11.2. The molecule has 9 heteroatoms. The smallest absolute Gasteiger partial charge is 0.318 e. The van der Waals surface area contributed by atoms with Crippen LogP contribution in [0.4, 0.5) is 11.4 Å². The molecule has 0 saturated carbocycles. The molecule has 0 aliphatic carbocycles. The first-order valence-corrected chi connectivity index (χ1v) is 6.29. The van der Waals surface area contributed by atoms with Gasteiger partial charge in [-0.3, -0.25) is 25.0 Å². The largest absolute Gasteiger partial charge is 0.419 e. The van der Waals surface area contributed by atoms with Gasteiger partial charge in [-0.05, 0) is 25.5 Å². The molecule has 0 bridgehead atoms. The fourth-order valence-corrected chi connectivity index (χ4v) is 1.61. The number of carbonyl (C=O) groups is 1. The molecular weight excluding hydrogens is 282 g/mol. The van der Waals surface area contributed by atoms with E-state index < -0.39 is 27.2 Å². The summed E-state index contributed by atoms with van der Waals surface area (Å²) in [6, 6.07) is 2.86. The number of nitrogens with zero attached hydrogens (tertiary/aromatic N) is 2. The topological polar surface area (TPSA) is 139 Å². The summed E-state index contributed by atoms with van der Waals surface area (Å²) >= 11 is 0. The molecule has 1 rings (SSSR count). The molecule has 0 atom stereocenters. The maximum Gasteiger partial charge on any atom is 0.318 e. The Bertz CT molecular complexity index is 546. The fraction of sp³-hybridized carbons (Fsp3) is 0.417. The number of carbonyl (C=O) groups excluding carboxylic acids is 1. The summed E-state index contributed by atoms with van der Waals surface area (Å²) in [5.41, 5.74) is 4.26. The van der Waals surface area contributed by atoms with E-state index in [2.05, 4.69) is 0 Å². The average Bonchev–Trinajstić information content (AvgIpc) is 2.43. The number of non-ortho nitro benzene ring substituents is 1. The van der Waals surface area contributed by atoms with Crippen LogP contribution in [-0.4, -0.2) is 22.4 Å². The van der Waals surface area contributed by atoms with Gasteiger partial charge in [-0.15, -0.1) is 0 Å². The molecule has 0 amide bonds. The van der Waals surface area contributed by atoms with Crippen molar-refractivity contribution < 1.29 is 19.4 Å². The van der Waals surface area contributed by atoms with Crippen LogP contribution in [0.3, 0.4) is 0 Å². The van der Waals surface area contributed by atoms with Crippen molar-refractivity contribution in [2.24, 2.45) is 5.73 Å². The number of nitrogens with two attached hydrogens (primary N) is 1. The van der Waals surface area contributed by atoms with Gasteiger partial charge in [0.1, 0.15) is 0 Å². The van der Waals surface area contributed by atoms with Crippen molar-refractivity contribution in [2.75, 3.05) is 6.54 Å². The number of nitro benzene ring substituents is 2. The molecule has 0 heterocycles. The van der Waals surface area contributed by atoms with Gasteiger partial charge in [-0.1, -0.05) is 6.42 Å². The molecular formula is C12H15N3O6. The number of esters is 1. The van der Waals surface area contributed by atoms with Crippen LogP contribution in [0.2, 0.25) is 0 Å². The SMILES string of the molecule is NCCCCCC(=O)Oc1ccc([N+](=O)[O-])cc1[N+](=O)[O-]. The number of hydrogen-bond acceptors (Lipinski definition) is 7. The highest BCUT2D eigenvalue weighted by Gasteiger charge is 2.22. The molecule has 0 aliphatic heterocycles. The van der Waals surface area contributed by atoms with Crippen LogP contribution >= 0.6 is 0 Å². The van der Waals surface area contributed by atoms with E-state index in [1.54, 1.807) is 0 Å². The van der Waals surface area contributed by atoms with E-state index in [4.69, 9.17) is 10.5 Å². The first-order valence-electron chi connectivity index (χ1n) is 6.29. The van der Waals surface area contributed by atoms with Crippen LogP contribution in [0.1, 0.15) is 25.7 Å². The lowest BCUT2D eigenvalue weighted by Gasteiger charge is -2.05. The number of rotatable bonds is 8. The first kappa shape index (κ1) is 16.5. The molecule has 0 saturated heterocycles. The van der Waals surface area contributed by atoms with Crippen molar-refractivity contribution in [3.63, 3.8) is 0 Å². The van der Waals surface area contributed by atoms with Gasteiger partial charge in [0.2, 0.25) is 5.75 Å². The van der Waals surface area contributed by atoms with Crippen LogP contribution in [0.5, 0.6) is 5.75 Å². The third kappa shape index (κ3) is 5.15. The van der Waals surface area contributed by atoms with Crippen molar-refractivity contribution in [1.29, 1.82) is 0 Å². The monoisotopic (exact) mass is 297 g/mol. The Morgan fingerprint density at radius 3 is 2.43 bits per heavy atom. The maximum absolute atomic E-state index is 11.6. The number of unbranched alkanes of at least 4 members (excludes halogenated alkanes) is 2. The summed E-state index contributed by atoms with van der Waals surface area (Å²) in [5, 5.41) is 21.4. The second-order valence-corrected chi connectivity index (χ2v) is 4.24. The van der Waals surface area contributed by atoms with E-state index >= 15 is 0 Å². The van der Waals surface area contributed by atoms with Crippen LogP contribution < -0.4 is 10.5 Å². The minimum atomic E-state index is -0.829. The zero-order valence-electron chi connectivity index (χ0n) is 11.2. The Morgan fingerprint density at radius 1 is 1.14 bits per heavy atom. The van der Waals surface area contributed by atoms with E-state index in [0.717, 1.165) is 31.0 Å². The first-order chi connectivity index (χ1) is 9.95. The van der Waals surface area contributed by atoms with Crippen LogP contribution in [0.25, 0.3) is 0 Å². The highest BCUT2D eigenvalue weighted by Crippen LogP contribution is 2.31. The molecule has 0 unspecified atom stereocenters. The summed E-state index contributed by atoms with van der Waals surface area (Å²) in [7, 11) is 0. The number of nitro groups is 2. The van der Waals surface area contributed by atoms with Crippen molar-refractivity contribution >= 4 is 17.3 Å². The molecule has 9 nitrogen and oxygen atoms in total. The lowest BCUT2D eigenvalue weighted by atomic mass is 10.2. The van der Waals surface area contributed by atoms with Crippen LogP contribution in [-0.2, 0) is 4.79 Å². The highest BCUT2D eigenvalue weighted by atomic mass is 16.6. The summed E-state index contributed by atoms with van der Waals surface area (Å²) < 4.78 is 4.89. The van der Waals surface area contributed by atoms with Gasteiger partial charge >= 0.3 is 11.7 Å². The van der Waals surface area contributed by atoms with E-state index in [1.165, 1.54) is 0 Å². The van der Waals surface area contributed by atoms with Crippen molar-refractivity contribution in [3.05, 3.63) is 38.4 Å². The van der Waals surface area contributed by atoms with E-state index in [9.17, 15) is 25.0 Å². The van der Waals surface area contributed by atoms with Gasteiger partial charge in [0.25, 0.3) is 5.69 Å². The van der Waals surface area contributed by atoms with Crippen molar-refractivity contribution in [3.8, 4) is 5.75 Å². The second kappa shape index (κ2) is 7.90. The Hall–Kier alpha value is -2.55. The predicted molar refractivity (Wildman–Crippen MR) is 72.9 cm³/mol. The molecule has 21 heavy (non-hydrogen) atoms. The lowest BCUT2D eigenvalue weighted by Crippen LogP contribution is -2.09. The van der Waals surface area contributed by atoms with Gasteiger partial charge in [0.05, 0.1) is 15.9 Å². The summed E-state index contributed by atoms with van der Waals surface area (Å²) in [5.74, 6) is -0.918. The Labute approximate surface area is 120 Å². The standard InChI is InChI=1S/C12H15N3O6/c13-7-3-1-2-4-12(16)21-11-6-5-9(14(17)18)8-10(11)15(19)20/h5-6,8H,1-4,7,13H2. The molecule has 2 N–H and O–H groups in total.